The van der Waals surface area contributed by atoms with Crippen molar-refractivity contribution >= 4 is 17.2 Å². The number of nitriles is 1. The van der Waals surface area contributed by atoms with Crippen LogP contribution in [0.3, 0.4) is 0 Å². The molecule has 0 radical (unpaired) electrons. The fraction of sp³-hybridized carbons (Fsp3) is 0.409. The number of nitrogens with one attached hydrogen (secondary N) is 1. The van der Waals surface area contributed by atoms with Crippen LogP contribution in [0.15, 0.2) is 22.6 Å². The second-order valence-electron chi connectivity index (χ2n) is 7.76. The largest absolute Gasteiger partial charge is 0.507 e. The van der Waals surface area contributed by atoms with E-state index in [4.69, 9.17) is 14.4 Å². The van der Waals surface area contributed by atoms with Crippen molar-refractivity contribution in [1.29, 1.82) is 5.26 Å². The number of piperidine rings is 1. The van der Waals surface area contributed by atoms with E-state index in [9.17, 15) is 10.2 Å². The molecule has 2 aromatic heterocycles. The molecule has 0 saturated carbocycles. The van der Waals surface area contributed by atoms with Gasteiger partial charge in [-0.05, 0) is 37.6 Å². The van der Waals surface area contributed by atoms with Crippen molar-refractivity contribution in [2.75, 3.05) is 32.1 Å². The zero-order chi connectivity index (χ0) is 22.1. The number of aliphatic hydroxyl groups is 1. The molecule has 1 fully saturated rings. The number of rotatable bonds is 5. The summed E-state index contributed by atoms with van der Waals surface area (Å²) in [5.41, 5.74) is 2.78. The zero-order valence-corrected chi connectivity index (χ0v) is 17.7. The van der Waals surface area contributed by atoms with Crippen LogP contribution in [0, 0.1) is 18.3 Å². The summed E-state index contributed by atoms with van der Waals surface area (Å²) in [6, 6.07) is 7.10. The molecular formula is C22H25N5O4. The summed E-state index contributed by atoms with van der Waals surface area (Å²) in [6.45, 7) is 6.16. The van der Waals surface area contributed by atoms with Crippen LogP contribution >= 0.6 is 0 Å². The Morgan fingerprint density at radius 1 is 1.32 bits per heavy atom. The van der Waals surface area contributed by atoms with Gasteiger partial charge < -0.3 is 24.7 Å². The predicted octanol–water partition coefficient (Wildman–Crippen LogP) is 2.65. The number of ether oxygens (including phenoxy) is 1. The lowest BCUT2D eigenvalue weighted by molar-refractivity contribution is 0.0667. The van der Waals surface area contributed by atoms with Crippen LogP contribution in [0.25, 0.3) is 22.5 Å². The van der Waals surface area contributed by atoms with Crippen LogP contribution in [0.2, 0.25) is 0 Å². The van der Waals surface area contributed by atoms with E-state index in [2.05, 4.69) is 27.1 Å². The Labute approximate surface area is 179 Å². The zero-order valence-electron chi connectivity index (χ0n) is 17.7. The molecule has 3 N–H and O–H groups in total. The molecule has 0 unspecified atom stereocenters. The molecule has 0 spiro atoms. The van der Waals surface area contributed by atoms with Crippen LogP contribution in [0.1, 0.15) is 24.5 Å². The van der Waals surface area contributed by atoms with E-state index in [1.54, 1.807) is 19.1 Å². The van der Waals surface area contributed by atoms with E-state index in [0.717, 1.165) is 13.1 Å². The Morgan fingerprint density at radius 2 is 2.13 bits per heavy atom. The number of aryl methyl sites for hydroxylation is 1. The smallest absolute Gasteiger partial charge is 0.297 e. The van der Waals surface area contributed by atoms with E-state index in [0.29, 0.717) is 58.3 Å². The topological polar surface area (TPSA) is 128 Å². The average molecular weight is 423 g/mol. The van der Waals surface area contributed by atoms with Crippen molar-refractivity contribution < 1.29 is 19.4 Å². The number of likely N-dealkylation sites (tertiary alicyclic amines) is 1. The minimum atomic E-state index is -0.405. The summed E-state index contributed by atoms with van der Waals surface area (Å²) < 4.78 is 11.4. The van der Waals surface area contributed by atoms with E-state index in [1.165, 1.54) is 13.2 Å². The molecule has 3 aromatic rings. The van der Waals surface area contributed by atoms with Gasteiger partial charge in [0.05, 0.1) is 30.5 Å². The normalized spacial score (nSPS) is 19.3. The number of aliphatic hydroxyl groups excluding tert-OH is 1. The summed E-state index contributed by atoms with van der Waals surface area (Å²) in [7, 11) is 1.52. The predicted molar refractivity (Wildman–Crippen MR) is 115 cm³/mol. The first kappa shape index (κ1) is 20.9. The molecule has 1 aliphatic heterocycles. The van der Waals surface area contributed by atoms with Gasteiger partial charge in [0, 0.05) is 30.8 Å². The van der Waals surface area contributed by atoms with E-state index < -0.39 is 6.10 Å². The molecule has 2 atom stereocenters. The molecule has 1 aliphatic rings. The minimum Gasteiger partial charge on any atom is -0.507 e. The average Bonchev–Trinajstić information content (AvgIpc) is 3.14. The van der Waals surface area contributed by atoms with Crippen LogP contribution in [-0.4, -0.2) is 64.0 Å². The van der Waals surface area contributed by atoms with Crippen LogP contribution in [0.5, 0.6) is 11.5 Å². The Balaban J connectivity index is 1.70. The van der Waals surface area contributed by atoms with Gasteiger partial charge in [0.25, 0.3) is 6.01 Å². The molecule has 1 saturated heterocycles. The van der Waals surface area contributed by atoms with Crippen molar-refractivity contribution in [1.82, 2.24) is 14.9 Å². The molecule has 0 amide bonds. The lowest BCUT2D eigenvalue weighted by Gasteiger charge is -2.34. The number of β-amino-alcohol motifs (C(OH)–C–C–N with tert-alkyl or cyclic N) is 1. The standard InChI is InChI=1S/C22H25N5O4/c1-4-27-10-14(7-15(28)11-27)24-22-26-21-20(31-22)18(30-3)8-16(25-21)19-12(2)5-13(9-23)6-17(19)29/h5-6,8,14-15,28-29H,4,7,10-11H2,1-3H3,(H,24,25,26)/t14-,15+/m1/s1. The monoisotopic (exact) mass is 423 g/mol. The molecule has 162 valence electrons. The fourth-order valence-electron chi connectivity index (χ4n) is 4.09. The number of aromatic nitrogens is 2. The van der Waals surface area contributed by atoms with Gasteiger partial charge in [-0.15, -0.1) is 0 Å². The Morgan fingerprint density at radius 3 is 2.81 bits per heavy atom. The lowest BCUT2D eigenvalue weighted by Crippen LogP contribution is -2.48. The number of phenolic OH excluding ortho intramolecular Hbond substituents is 1. The quantitative estimate of drug-likeness (QED) is 0.567. The molecule has 9 heteroatoms. The van der Waals surface area contributed by atoms with E-state index >= 15 is 0 Å². The van der Waals surface area contributed by atoms with Crippen molar-refractivity contribution in [3.63, 3.8) is 0 Å². The Bertz CT molecular complexity index is 1130. The Hall–Kier alpha value is -3.35. The van der Waals surface area contributed by atoms with E-state index in [-0.39, 0.29) is 11.8 Å². The molecule has 3 heterocycles. The number of phenols is 1. The third kappa shape index (κ3) is 4.13. The summed E-state index contributed by atoms with van der Waals surface area (Å²) in [5, 5.41) is 33.0. The molecule has 9 nitrogen and oxygen atoms in total. The first-order valence-corrected chi connectivity index (χ1v) is 10.2. The number of methoxy groups -OCH3 is 1. The van der Waals surface area contributed by atoms with Gasteiger partial charge in [-0.3, -0.25) is 4.90 Å². The number of aromatic hydroxyl groups is 1. The number of anilines is 1. The maximum Gasteiger partial charge on any atom is 0.297 e. The molecule has 1 aromatic carbocycles. The number of likely N-dealkylation sites (N-methyl/N-ethyl adjacent to an activating group) is 1. The van der Waals surface area contributed by atoms with Gasteiger partial charge in [-0.2, -0.15) is 10.2 Å². The van der Waals surface area contributed by atoms with Crippen LogP contribution < -0.4 is 10.1 Å². The van der Waals surface area contributed by atoms with Crippen LogP contribution in [-0.2, 0) is 0 Å². The number of hydrogen-bond donors (Lipinski definition) is 3. The number of nitrogens with zero attached hydrogens (tertiary/aromatic N) is 4. The second-order valence-corrected chi connectivity index (χ2v) is 7.76. The highest BCUT2D eigenvalue weighted by Gasteiger charge is 2.27. The van der Waals surface area contributed by atoms with Crippen molar-refractivity contribution in [3.05, 3.63) is 29.3 Å². The SMILES string of the molecule is CCN1C[C@@H](O)C[C@@H](Nc2nc3nc(-c4c(C)cc(C#N)cc4O)cc(OC)c3o2)C1. The minimum absolute atomic E-state index is 0.00737. The second kappa shape index (κ2) is 8.41. The maximum absolute atomic E-state index is 10.5. The van der Waals surface area contributed by atoms with Gasteiger partial charge >= 0.3 is 0 Å². The summed E-state index contributed by atoms with van der Waals surface area (Å²) in [5.74, 6) is 0.394. The van der Waals surface area contributed by atoms with Crippen LogP contribution in [0.4, 0.5) is 6.01 Å². The molecule has 0 aliphatic carbocycles. The fourth-order valence-corrected chi connectivity index (χ4v) is 4.09. The van der Waals surface area contributed by atoms with Crippen molar-refractivity contribution in [3.8, 4) is 28.8 Å². The van der Waals surface area contributed by atoms with Gasteiger partial charge in [0.2, 0.25) is 11.2 Å². The van der Waals surface area contributed by atoms with Crippen molar-refractivity contribution in [2.24, 2.45) is 0 Å². The first-order chi connectivity index (χ1) is 14.9. The molecule has 4 rings (SSSR count). The third-order valence-electron chi connectivity index (χ3n) is 5.53. The highest BCUT2D eigenvalue weighted by Crippen LogP contribution is 2.37. The number of pyridine rings is 1. The maximum atomic E-state index is 10.5. The summed E-state index contributed by atoms with van der Waals surface area (Å²) >= 11 is 0. The third-order valence-corrected chi connectivity index (χ3v) is 5.53. The van der Waals surface area contributed by atoms with Gasteiger partial charge in [-0.1, -0.05) is 6.92 Å². The number of oxazole rings is 1. The van der Waals surface area contributed by atoms with Gasteiger partial charge in [0.15, 0.2) is 5.75 Å². The van der Waals surface area contributed by atoms with Crippen molar-refractivity contribution in [2.45, 2.75) is 32.4 Å². The van der Waals surface area contributed by atoms with E-state index in [1.807, 2.05) is 6.07 Å². The highest BCUT2D eigenvalue weighted by atomic mass is 16.5. The molecular weight excluding hydrogens is 398 g/mol. The highest BCUT2D eigenvalue weighted by molar-refractivity contribution is 5.83. The summed E-state index contributed by atoms with van der Waals surface area (Å²) in [4.78, 5) is 11.2. The molecule has 0 bridgehead atoms. The van der Waals surface area contributed by atoms with Gasteiger partial charge in [-0.25, -0.2) is 4.98 Å². The number of benzene rings is 1. The summed E-state index contributed by atoms with van der Waals surface area (Å²) in [6.07, 6.45) is 0.195. The molecule has 31 heavy (non-hydrogen) atoms. The Kier molecular flexibility index (Phi) is 5.67. The number of fused-ring (bicyclic) bond motifs is 1. The first-order valence-electron chi connectivity index (χ1n) is 10.2. The number of hydrogen-bond acceptors (Lipinski definition) is 9. The lowest BCUT2D eigenvalue weighted by atomic mass is 10.0. The van der Waals surface area contributed by atoms with Gasteiger partial charge in [0.1, 0.15) is 5.75 Å².